The molecule has 0 spiro atoms. The van der Waals surface area contributed by atoms with E-state index in [0.29, 0.717) is 0 Å². The molecule has 1 aromatic rings. The number of hydrogen-bond donors (Lipinski definition) is 1. The highest BCUT2D eigenvalue weighted by molar-refractivity contribution is 4.35. The summed E-state index contributed by atoms with van der Waals surface area (Å²) >= 11 is 0. The summed E-state index contributed by atoms with van der Waals surface area (Å²) in [6.07, 6.45) is 2.60. The van der Waals surface area contributed by atoms with Crippen molar-refractivity contribution in [3.05, 3.63) is 12.7 Å². The Kier molecular flexibility index (Phi) is 1.99. The average Bonchev–Trinajstić information content (AvgIpc) is 1.76. The standard InChI is InChI=1S/C2H2N2O.H3N/c1-3-2-5-4-1;/h1-2H;1H3. The van der Waals surface area contributed by atoms with Crippen molar-refractivity contribution in [1.29, 1.82) is 0 Å². The molecule has 6 heavy (non-hydrogen) atoms. The highest BCUT2D eigenvalue weighted by atomic mass is 16.5. The normalized spacial score (nSPS) is 6.67. The van der Waals surface area contributed by atoms with Gasteiger partial charge in [0, 0.05) is 0 Å². The van der Waals surface area contributed by atoms with Crippen LogP contribution in [0.5, 0.6) is 0 Å². The molecule has 0 saturated carbocycles. The lowest BCUT2D eigenvalue weighted by Gasteiger charge is -1.45. The molecule has 4 nitrogen and oxygen atoms in total. The van der Waals surface area contributed by atoms with Crippen LogP contribution in [0.15, 0.2) is 17.2 Å². The minimum absolute atomic E-state index is 0. The highest BCUT2D eigenvalue weighted by Gasteiger charge is 1.60. The van der Waals surface area contributed by atoms with Crippen LogP contribution in [-0.2, 0) is 0 Å². The minimum atomic E-state index is 0. The molecule has 1 rings (SSSR count). The molecule has 0 aliphatic rings. The summed E-state index contributed by atoms with van der Waals surface area (Å²) in [5.41, 5.74) is 0. The predicted octanol–water partition coefficient (Wildman–Crippen LogP) is 0.232. The van der Waals surface area contributed by atoms with Crippen molar-refractivity contribution in [2.45, 2.75) is 0 Å². The largest absolute Gasteiger partial charge is 0.344 e. The number of nitrogens with zero attached hydrogens (tertiary/aromatic N) is 2. The lowest BCUT2D eigenvalue weighted by atomic mass is 11.3. The summed E-state index contributed by atoms with van der Waals surface area (Å²) in [5, 5.41) is 3.24. The second-order valence-corrected chi connectivity index (χ2v) is 0.581. The SMILES string of the molecule is N.c1ncon1. The van der Waals surface area contributed by atoms with Crippen LogP contribution in [-0.4, -0.2) is 10.1 Å². The van der Waals surface area contributed by atoms with Crippen LogP contribution in [0.4, 0.5) is 0 Å². The summed E-state index contributed by atoms with van der Waals surface area (Å²) in [5.74, 6) is 0. The molecule has 0 atom stereocenters. The molecule has 0 fully saturated rings. The highest BCUT2D eigenvalue weighted by Crippen LogP contribution is 1.62. The Morgan fingerprint density at radius 2 is 2.33 bits per heavy atom. The van der Waals surface area contributed by atoms with E-state index in [0.717, 1.165) is 0 Å². The van der Waals surface area contributed by atoms with Crippen molar-refractivity contribution < 1.29 is 4.52 Å². The molecule has 0 aliphatic carbocycles. The van der Waals surface area contributed by atoms with Crippen LogP contribution in [0.3, 0.4) is 0 Å². The molecule has 0 radical (unpaired) electrons. The summed E-state index contributed by atoms with van der Waals surface area (Å²) in [6, 6.07) is 0. The smallest absolute Gasteiger partial charge is 0.213 e. The zero-order valence-corrected chi connectivity index (χ0v) is 3.16. The molecule has 3 N–H and O–H groups in total. The van der Waals surface area contributed by atoms with Crippen molar-refractivity contribution in [2.24, 2.45) is 0 Å². The van der Waals surface area contributed by atoms with Crippen LogP contribution < -0.4 is 6.15 Å². The zero-order chi connectivity index (χ0) is 3.54. The molecule has 0 bridgehead atoms. The van der Waals surface area contributed by atoms with Crippen LogP contribution >= 0.6 is 0 Å². The number of aromatic nitrogens is 2. The molecule has 0 aromatic carbocycles. The van der Waals surface area contributed by atoms with Crippen molar-refractivity contribution in [3.63, 3.8) is 0 Å². The van der Waals surface area contributed by atoms with Crippen molar-refractivity contribution in [3.8, 4) is 0 Å². The first-order valence-corrected chi connectivity index (χ1v) is 1.19. The predicted molar refractivity (Wildman–Crippen MR) is 19.3 cm³/mol. The zero-order valence-electron chi connectivity index (χ0n) is 3.16. The van der Waals surface area contributed by atoms with Gasteiger partial charge in [0.1, 0.15) is 0 Å². The van der Waals surface area contributed by atoms with Gasteiger partial charge in [-0.05, 0) is 0 Å². The Hall–Kier alpha value is -0.900. The first-order chi connectivity index (χ1) is 2.50. The monoisotopic (exact) mass is 87.0 g/mol. The second kappa shape index (κ2) is 2.34. The van der Waals surface area contributed by atoms with E-state index in [4.69, 9.17) is 0 Å². The lowest BCUT2D eigenvalue weighted by Crippen LogP contribution is -1.44. The fourth-order valence-corrected chi connectivity index (χ4v) is 0.136. The Morgan fingerprint density at radius 1 is 1.50 bits per heavy atom. The van der Waals surface area contributed by atoms with Crippen LogP contribution in [0.25, 0.3) is 0 Å². The van der Waals surface area contributed by atoms with E-state index in [1.807, 2.05) is 0 Å². The molecule has 0 aliphatic heterocycles. The fraction of sp³-hybridized carbons (Fsp3) is 0. The van der Waals surface area contributed by atoms with Gasteiger partial charge in [-0.15, -0.1) is 0 Å². The van der Waals surface area contributed by atoms with Gasteiger partial charge in [0.15, 0.2) is 6.33 Å². The van der Waals surface area contributed by atoms with Gasteiger partial charge < -0.3 is 10.7 Å². The Labute approximate surface area is 34.8 Å². The van der Waals surface area contributed by atoms with Crippen LogP contribution in [0.1, 0.15) is 0 Å². The molecule has 34 valence electrons. The molecule has 0 amide bonds. The fourth-order valence-electron chi connectivity index (χ4n) is 0.136. The van der Waals surface area contributed by atoms with Gasteiger partial charge in [-0.1, -0.05) is 5.16 Å². The van der Waals surface area contributed by atoms with Crippen LogP contribution in [0.2, 0.25) is 0 Å². The van der Waals surface area contributed by atoms with E-state index < -0.39 is 0 Å². The first kappa shape index (κ1) is 5.10. The van der Waals surface area contributed by atoms with E-state index in [1.54, 1.807) is 0 Å². The lowest BCUT2D eigenvalue weighted by molar-refractivity contribution is 0.416. The Bertz CT molecular complexity index is 65.3. The maximum absolute atomic E-state index is 4.22. The Morgan fingerprint density at radius 3 is 2.50 bits per heavy atom. The van der Waals surface area contributed by atoms with Gasteiger partial charge in [0.2, 0.25) is 6.39 Å². The van der Waals surface area contributed by atoms with Gasteiger partial charge >= 0.3 is 0 Å². The maximum Gasteiger partial charge on any atom is 0.213 e. The molecule has 0 saturated heterocycles. The quantitative estimate of drug-likeness (QED) is 0.491. The summed E-state index contributed by atoms with van der Waals surface area (Å²) in [4.78, 5) is 3.44. The summed E-state index contributed by atoms with van der Waals surface area (Å²) < 4.78 is 4.22. The molecular weight excluding hydrogens is 82.0 g/mol. The number of hydrogen-bond acceptors (Lipinski definition) is 4. The summed E-state index contributed by atoms with van der Waals surface area (Å²) in [6.45, 7) is 0. The minimum Gasteiger partial charge on any atom is -0.344 e. The molecule has 0 unspecified atom stereocenters. The maximum atomic E-state index is 4.22. The van der Waals surface area contributed by atoms with Crippen molar-refractivity contribution in [2.75, 3.05) is 0 Å². The molecular formula is C2H5N3O. The Balaban J connectivity index is 0.000000250. The van der Waals surface area contributed by atoms with Gasteiger partial charge in [-0.2, -0.15) is 0 Å². The van der Waals surface area contributed by atoms with E-state index in [-0.39, 0.29) is 6.15 Å². The third kappa shape index (κ3) is 0.813. The van der Waals surface area contributed by atoms with E-state index in [2.05, 4.69) is 14.7 Å². The third-order valence-corrected chi connectivity index (χ3v) is 0.283. The van der Waals surface area contributed by atoms with Gasteiger partial charge in [-0.3, -0.25) is 0 Å². The first-order valence-electron chi connectivity index (χ1n) is 1.19. The third-order valence-electron chi connectivity index (χ3n) is 0.283. The molecule has 4 heteroatoms. The van der Waals surface area contributed by atoms with Crippen LogP contribution in [0, 0.1) is 0 Å². The number of rotatable bonds is 0. The van der Waals surface area contributed by atoms with Gasteiger partial charge in [0.05, 0.1) is 0 Å². The van der Waals surface area contributed by atoms with E-state index in [1.165, 1.54) is 12.7 Å². The molecule has 1 heterocycles. The van der Waals surface area contributed by atoms with Crippen molar-refractivity contribution in [1.82, 2.24) is 16.3 Å². The van der Waals surface area contributed by atoms with Gasteiger partial charge in [0.25, 0.3) is 0 Å². The van der Waals surface area contributed by atoms with Gasteiger partial charge in [-0.25, -0.2) is 4.98 Å². The summed E-state index contributed by atoms with van der Waals surface area (Å²) in [7, 11) is 0. The molecule has 1 aromatic heterocycles. The average molecular weight is 87.1 g/mol. The second-order valence-electron chi connectivity index (χ2n) is 0.581. The van der Waals surface area contributed by atoms with Crippen molar-refractivity contribution >= 4 is 0 Å². The van der Waals surface area contributed by atoms with E-state index in [9.17, 15) is 0 Å². The topological polar surface area (TPSA) is 73.9 Å². The van der Waals surface area contributed by atoms with E-state index >= 15 is 0 Å².